The molecule has 2 nitrogen and oxygen atoms in total. The third-order valence-corrected chi connectivity index (χ3v) is 4.28. The normalized spacial score (nSPS) is 10.6. The van der Waals surface area contributed by atoms with Gasteiger partial charge < -0.3 is 5.32 Å². The van der Waals surface area contributed by atoms with Crippen LogP contribution in [-0.4, -0.2) is 5.91 Å². The highest BCUT2D eigenvalue weighted by molar-refractivity contribution is 6.43. The molecule has 1 N–H and O–H groups in total. The number of carbonyl (C=O) groups is 1. The maximum absolute atomic E-state index is 12.2. The highest BCUT2D eigenvalue weighted by Gasteiger charge is 2.12. The van der Waals surface area contributed by atoms with Gasteiger partial charge in [-0.2, -0.15) is 0 Å². The average Bonchev–Trinajstić information content (AvgIpc) is 2.55. The summed E-state index contributed by atoms with van der Waals surface area (Å²) in [6.07, 6.45) is 0. The van der Waals surface area contributed by atoms with Crippen LogP contribution in [0.5, 0.6) is 0 Å². The van der Waals surface area contributed by atoms with Crippen molar-refractivity contribution < 1.29 is 4.79 Å². The monoisotopic (exact) mass is 329 g/mol. The zero-order valence-electron chi connectivity index (χ0n) is 11.6. The van der Waals surface area contributed by atoms with E-state index in [0.29, 0.717) is 17.1 Å². The molecule has 110 valence electrons. The molecular weight excluding hydrogens is 317 g/mol. The van der Waals surface area contributed by atoms with E-state index in [1.165, 1.54) is 5.39 Å². The molecule has 3 aromatic carbocycles. The zero-order valence-corrected chi connectivity index (χ0v) is 13.2. The summed E-state index contributed by atoms with van der Waals surface area (Å²) in [6, 6.07) is 19.2. The Labute approximate surface area is 138 Å². The molecule has 0 radical (unpaired) electrons. The van der Waals surface area contributed by atoms with Gasteiger partial charge in [0.25, 0.3) is 5.91 Å². The van der Waals surface area contributed by atoms with E-state index in [1.807, 2.05) is 24.3 Å². The van der Waals surface area contributed by atoms with E-state index in [9.17, 15) is 4.79 Å². The number of nitrogens with one attached hydrogen (secondary N) is 1. The lowest BCUT2D eigenvalue weighted by atomic mass is 10.1. The summed E-state index contributed by atoms with van der Waals surface area (Å²) in [5.74, 6) is -0.236. The van der Waals surface area contributed by atoms with E-state index < -0.39 is 0 Å². The van der Waals surface area contributed by atoms with Crippen molar-refractivity contribution in [3.63, 3.8) is 0 Å². The standard InChI is InChI=1S/C18H13Cl2NO/c19-16-7-3-6-15(17(16)20)18(22)21-11-12-8-9-13-4-1-2-5-14(13)10-12/h1-10H,11H2,(H,21,22). The predicted molar refractivity (Wildman–Crippen MR) is 91.6 cm³/mol. The molecule has 0 aliphatic heterocycles. The molecule has 0 aromatic heterocycles. The number of carbonyl (C=O) groups excluding carboxylic acids is 1. The lowest BCUT2D eigenvalue weighted by molar-refractivity contribution is 0.0951. The van der Waals surface area contributed by atoms with Gasteiger partial charge in [0.15, 0.2) is 0 Å². The maximum Gasteiger partial charge on any atom is 0.253 e. The van der Waals surface area contributed by atoms with Crippen molar-refractivity contribution in [3.05, 3.63) is 81.8 Å². The topological polar surface area (TPSA) is 29.1 Å². The van der Waals surface area contributed by atoms with Gasteiger partial charge in [0.05, 0.1) is 15.6 Å². The van der Waals surface area contributed by atoms with Crippen LogP contribution in [-0.2, 0) is 6.54 Å². The van der Waals surface area contributed by atoms with Crippen LogP contribution < -0.4 is 5.32 Å². The fourth-order valence-corrected chi connectivity index (χ4v) is 2.69. The van der Waals surface area contributed by atoms with E-state index in [2.05, 4.69) is 23.5 Å². The van der Waals surface area contributed by atoms with Crippen molar-refractivity contribution in [2.24, 2.45) is 0 Å². The smallest absolute Gasteiger partial charge is 0.253 e. The molecule has 22 heavy (non-hydrogen) atoms. The first-order chi connectivity index (χ1) is 10.6. The van der Waals surface area contributed by atoms with Crippen LogP contribution in [0.3, 0.4) is 0 Å². The predicted octanol–water partition coefficient (Wildman–Crippen LogP) is 5.08. The molecule has 0 spiro atoms. The summed E-state index contributed by atoms with van der Waals surface area (Å²) in [4.78, 5) is 12.2. The molecule has 0 fully saturated rings. The molecule has 3 aromatic rings. The molecule has 0 aliphatic carbocycles. The first kappa shape index (κ1) is 14.9. The Morgan fingerprint density at radius 3 is 2.50 bits per heavy atom. The molecule has 1 amide bonds. The Hall–Kier alpha value is -2.03. The van der Waals surface area contributed by atoms with Gasteiger partial charge in [-0.05, 0) is 34.5 Å². The zero-order chi connectivity index (χ0) is 15.5. The van der Waals surface area contributed by atoms with Crippen LogP contribution in [0.1, 0.15) is 15.9 Å². The average molecular weight is 330 g/mol. The van der Waals surface area contributed by atoms with E-state index in [0.717, 1.165) is 10.9 Å². The van der Waals surface area contributed by atoms with E-state index in [4.69, 9.17) is 23.2 Å². The van der Waals surface area contributed by atoms with Gasteiger partial charge >= 0.3 is 0 Å². The van der Waals surface area contributed by atoms with Crippen molar-refractivity contribution in [2.75, 3.05) is 0 Å². The fraction of sp³-hybridized carbons (Fsp3) is 0.0556. The van der Waals surface area contributed by atoms with E-state index >= 15 is 0 Å². The van der Waals surface area contributed by atoms with E-state index in [-0.39, 0.29) is 10.9 Å². The van der Waals surface area contributed by atoms with Gasteiger partial charge in [-0.15, -0.1) is 0 Å². The Morgan fingerprint density at radius 2 is 1.68 bits per heavy atom. The fourth-order valence-electron chi connectivity index (χ4n) is 2.31. The number of halogens is 2. The second-order valence-corrected chi connectivity index (χ2v) is 5.75. The van der Waals surface area contributed by atoms with Crippen LogP contribution >= 0.6 is 23.2 Å². The highest BCUT2D eigenvalue weighted by Crippen LogP contribution is 2.25. The molecule has 0 heterocycles. The number of hydrogen-bond acceptors (Lipinski definition) is 1. The second kappa shape index (κ2) is 6.39. The summed E-state index contributed by atoms with van der Waals surface area (Å²) in [7, 11) is 0. The highest BCUT2D eigenvalue weighted by atomic mass is 35.5. The van der Waals surface area contributed by atoms with Crippen molar-refractivity contribution in [2.45, 2.75) is 6.54 Å². The van der Waals surface area contributed by atoms with Crippen molar-refractivity contribution >= 4 is 39.9 Å². The van der Waals surface area contributed by atoms with Gasteiger partial charge in [0.1, 0.15) is 0 Å². The quantitative estimate of drug-likeness (QED) is 0.713. The minimum absolute atomic E-state index is 0.236. The van der Waals surface area contributed by atoms with Crippen molar-refractivity contribution in [1.82, 2.24) is 5.32 Å². The second-order valence-electron chi connectivity index (χ2n) is 4.97. The van der Waals surface area contributed by atoms with Crippen LogP contribution in [0.25, 0.3) is 10.8 Å². The minimum Gasteiger partial charge on any atom is -0.348 e. The van der Waals surface area contributed by atoms with Gasteiger partial charge in [-0.3, -0.25) is 4.79 Å². The molecule has 0 unspecified atom stereocenters. The van der Waals surface area contributed by atoms with Crippen LogP contribution in [0, 0.1) is 0 Å². The van der Waals surface area contributed by atoms with E-state index in [1.54, 1.807) is 18.2 Å². The summed E-state index contributed by atoms with van der Waals surface area (Å²) < 4.78 is 0. The minimum atomic E-state index is -0.236. The van der Waals surface area contributed by atoms with Gasteiger partial charge in [-0.1, -0.05) is 65.7 Å². The lowest BCUT2D eigenvalue weighted by Gasteiger charge is -2.08. The first-order valence-electron chi connectivity index (χ1n) is 6.85. The lowest BCUT2D eigenvalue weighted by Crippen LogP contribution is -2.23. The Kier molecular flexibility index (Phi) is 4.32. The maximum atomic E-state index is 12.2. The summed E-state index contributed by atoms with van der Waals surface area (Å²) in [5.41, 5.74) is 1.42. The van der Waals surface area contributed by atoms with Crippen LogP contribution in [0.2, 0.25) is 10.0 Å². The van der Waals surface area contributed by atoms with Gasteiger partial charge in [0.2, 0.25) is 0 Å². The molecule has 0 atom stereocenters. The molecule has 4 heteroatoms. The summed E-state index contributed by atoms with van der Waals surface area (Å²) >= 11 is 12.0. The molecule has 0 bridgehead atoms. The Bertz CT molecular complexity index is 845. The van der Waals surface area contributed by atoms with Crippen LogP contribution in [0.4, 0.5) is 0 Å². The molecule has 3 rings (SSSR count). The number of hydrogen-bond donors (Lipinski definition) is 1. The number of amides is 1. The first-order valence-corrected chi connectivity index (χ1v) is 7.60. The van der Waals surface area contributed by atoms with Gasteiger partial charge in [0, 0.05) is 6.54 Å². The third kappa shape index (κ3) is 3.08. The van der Waals surface area contributed by atoms with Crippen molar-refractivity contribution in [1.29, 1.82) is 0 Å². The summed E-state index contributed by atoms with van der Waals surface area (Å²) in [6.45, 7) is 0.437. The molecule has 0 aliphatic rings. The molecular formula is C18H13Cl2NO. The summed E-state index contributed by atoms with van der Waals surface area (Å²) in [5, 5.41) is 5.84. The Morgan fingerprint density at radius 1 is 0.909 bits per heavy atom. The van der Waals surface area contributed by atoms with Gasteiger partial charge in [-0.25, -0.2) is 0 Å². The van der Waals surface area contributed by atoms with Crippen molar-refractivity contribution in [3.8, 4) is 0 Å². The largest absolute Gasteiger partial charge is 0.348 e. The number of benzene rings is 3. The SMILES string of the molecule is O=C(NCc1ccc2ccccc2c1)c1cccc(Cl)c1Cl. The Balaban J connectivity index is 1.76. The third-order valence-electron chi connectivity index (χ3n) is 3.46. The molecule has 0 saturated heterocycles. The number of rotatable bonds is 3. The molecule has 0 saturated carbocycles. The van der Waals surface area contributed by atoms with Crippen LogP contribution in [0.15, 0.2) is 60.7 Å². The number of fused-ring (bicyclic) bond motifs is 1.